The lowest BCUT2D eigenvalue weighted by molar-refractivity contribution is -0.145. The van der Waals surface area contributed by atoms with Gasteiger partial charge in [0.1, 0.15) is 0 Å². The number of rotatable bonds is 4. The summed E-state index contributed by atoms with van der Waals surface area (Å²) in [4.78, 5) is 27.4. The predicted octanol–water partition coefficient (Wildman–Crippen LogP) is 0.0652. The summed E-state index contributed by atoms with van der Waals surface area (Å²) in [6.07, 6.45) is 0. The Bertz CT molecular complexity index is 298. The summed E-state index contributed by atoms with van der Waals surface area (Å²) < 4.78 is 0. The standard InChI is InChI=1S/C12H23N3O2/c1-5-14(6-2)10(16)9-15-8-7-13-12(3,4)11(15)17/h13H,5-9H2,1-4H3. The topological polar surface area (TPSA) is 52.7 Å². The minimum absolute atomic E-state index is 0.00394. The van der Waals surface area contributed by atoms with Gasteiger partial charge in [-0.2, -0.15) is 0 Å². The van der Waals surface area contributed by atoms with E-state index in [9.17, 15) is 9.59 Å². The molecule has 0 saturated carbocycles. The molecule has 0 aromatic carbocycles. The number of piperazine rings is 1. The maximum Gasteiger partial charge on any atom is 0.242 e. The molecule has 1 rings (SSSR count). The molecule has 0 aliphatic carbocycles. The maximum absolute atomic E-state index is 12.1. The van der Waals surface area contributed by atoms with Crippen LogP contribution < -0.4 is 5.32 Å². The van der Waals surface area contributed by atoms with Crippen molar-refractivity contribution in [3.63, 3.8) is 0 Å². The molecule has 5 nitrogen and oxygen atoms in total. The van der Waals surface area contributed by atoms with E-state index in [0.29, 0.717) is 19.6 Å². The summed E-state index contributed by atoms with van der Waals surface area (Å²) in [5.74, 6) is 0.0327. The van der Waals surface area contributed by atoms with E-state index in [2.05, 4.69) is 5.32 Å². The molecule has 0 atom stereocenters. The second-order valence-corrected chi connectivity index (χ2v) is 4.84. The molecule has 0 radical (unpaired) electrons. The van der Waals surface area contributed by atoms with E-state index < -0.39 is 5.54 Å². The number of amides is 2. The Morgan fingerprint density at radius 1 is 1.41 bits per heavy atom. The molecule has 17 heavy (non-hydrogen) atoms. The van der Waals surface area contributed by atoms with Crippen LogP contribution in [0.15, 0.2) is 0 Å². The van der Waals surface area contributed by atoms with Gasteiger partial charge in [0.05, 0.1) is 12.1 Å². The maximum atomic E-state index is 12.1. The van der Waals surface area contributed by atoms with Gasteiger partial charge in [0.2, 0.25) is 11.8 Å². The second kappa shape index (κ2) is 5.49. The second-order valence-electron chi connectivity index (χ2n) is 4.84. The lowest BCUT2D eigenvalue weighted by Gasteiger charge is -2.38. The summed E-state index contributed by atoms with van der Waals surface area (Å²) >= 11 is 0. The van der Waals surface area contributed by atoms with Gasteiger partial charge in [-0.3, -0.25) is 9.59 Å². The van der Waals surface area contributed by atoms with Crippen molar-refractivity contribution in [1.29, 1.82) is 0 Å². The highest BCUT2D eigenvalue weighted by Gasteiger charge is 2.36. The highest BCUT2D eigenvalue weighted by molar-refractivity contribution is 5.90. The van der Waals surface area contributed by atoms with E-state index >= 15 is 0 Å². The molecule has 0 unspecified atom stereocenters. The van der Waals surface area contributed by atoms with Crippen LogP contribution in [-0.4, -0.2) is 59.9 Å². The molecule has 1 aliphatic rings. The third-order valence-corrected chi connectivity index (χ3v) is 3.21. The summed E-state index contributed by atoms with van der Waals surface area (Å²) in [5, 5.41) is 3.15. The Balaban J connectivity index is 2.62. The van der Waals surface area contributed by atoms with Crippen molar-refractivity contribution in [3.05, 3.63) is 0 Å². The SMILES string of the molecule is CCN(CC)C(=O)CN1CCNC(C)(C)C1=O. The van der Waals surface area contributed by atoms with Crippen LogP contribution in [0.4, 0.5) is 0 Å². The lowest BCUT2D eigenvalue weighted by atomic mass is 10.0. The molecule has 1 fully saturated rings. The number of nitrogens with zero attached hydrogens (tertiary/aromatic N) is 2. The Kier molecular flexibility index (Phi) is 4.51. The average Bonchev–Trinajstić information content (AvgIpc) is 2.26. The summed E-state index contributed by atoms with van der Waals surface area (Å²) in [5.41, 5.74) is -0.554. The van der Waals surface area contributed by atoms with E-state index in [1.165, 1.54) is 0 Å². The highest BCUT2D eigenvalue weighted by Crippen LogP contribution is 2.12. The average molecular weight is 241 g/mol. The van der Waals surface area contributed by atoms with E-state index in [1.54, 1.807) is 9.80 Å². The van der Waals surface area contributed by atoms with Gasteiger partial charge in [0, 0.05) is 26.2 Å². The van der Waals surface area contributed by atoms with Crippen LogP contribution in [0.3, 0.4) is 0 Å². The Hall–Kier alpha value is -1.10. The quantitative estimate of drug-likeness (QED) is 0.757. The molecule has 1 aliphatic heterocycles. The monoisotopic (exact) mass is 241 g/mol. The van der Waals surface area contributed by atoms with Crippen LogP contribution in [-0.2, 0) is 9.59 Å². The Labute approximate surface area is 103 Å². The number of carbonyl (C=O) groups is 2. The molecule has 1 saturated heterocycles. The minimum atomic E-state index is -0.554. The normalized spacial score (nSPS) is 19.3. The Morgan fingerprint density at radius 2 is 2.00 bits per heavy atom. The van der Waals surface area contributed by atoms with Crippen molar-refractivity contribution in [2.45, 2.75) is 33.2 Å². The number of hydrogen-bond donors (Lipinski definition) is 1. The van der Waals surface area contributed by atoms with Crippen LogP contribution in [0.2, 0.25) is 0 Å². The summed E-state index contributed by atoms with van der Waals surface area (Å²) in [7, 11) is 0. The fraction of sp³-hybridized carbons (Fsp3) is 0.833. The van der Waals surface area contributed by atoms with Gasteiger partial charge in [-0.25, -0.2) is 0 Å². The van der Waals surface area contributed by atoms with E-state index in [-0.39, 0.29) is 18.4 Å². The zero-order valence-electron chi connectivity index (χ0n) is 11.2. The van der Waals surface area contributed by atoms with E-state index in [1.807, 2.05) is 27.7 Å². The highest BCUT2D eigenvalue weighted by atomic mass is 16.2. The third-order valence-electron chi connectivity index (χ3n) is 3.21. The number of nitrogens with one attached hydrogen (secondary N) is 1. The molecule has 1 N–H and O–H groups in total. The molecule has 0 aromatic heterocycles. The van der Waals surface area contributed by atoms with Gasteiger partial charge in [0.25, 0.3) is 0 Å². The first-order chi connectivity index (χ1) is 7.92. The minimum Gasteiger partial charge on any atom is -0.342 e. The zero-order valence-corrected chi connectivity index (χ0v) is 11.2. The molecule has 0 spiro atoms. The van der Waals surface area contributed by atoms with Crippen LogP contribution in [0, 0.1) is 0 Å². The van der Waals surface area contributed by atoms with Gasteiger partial charge in [-0.05, 0) is 27.7 Å². The van der Waals surface area contributed by atoms with Crippen molar-refractivity contribution < 1.29 is 9.59 Å². The fourth-order valence-corrected chi connectivity index (χ4v) is 2.07. The van der Waals surface area contributed by atoms with Crippen LogP contribution in [0.25, 0.3) is 0 Å². The van der Waals surface area contributed by atoms with Crippen molar-refractivity contribution >= 4 is 11.8 Å². The van der Waals surface area contributed by atoms with Crippen molar-refractivity contribution in [1.82, 2.24) is 15.1 Å². The third kappa shape index (κ3) is 3.19. The molecular weight excluding hydrogens is 218 g/mol. The summed E-state index contributed by atoms with van der Waals surface area (Å²) in [6, 6.07) is 0. The lowest BCUT2D eigenvalue weighted by Crippen LogP contribution is -2.62. The van der Waals surface area contributed by atoms with Crippen LogP contribution in [0.5, 0.6) is 0 Å². The zero-order chi connectivity index (χ0) is 13.1. The molecule has 1 heterocycles. The number of carbonyl (C=O) groups excluding carboxylic acids is 2. The Morgan fingerprint density at radius 3 is 2.53 bits per heavy atom. The smallest absolute Gasteiger partial charge is 0.242 e. The van der Waals surface area contributed by atoms with E-state index in [4.69, 9.17) is 0 Å². The largest absolute Gasteiger partial charge is 0.342 e. The van der Waals surface area contributed by atoms with Gasteiger partial charge in [-0.15, -0.1) is 0 Å². The molecule has 0 aromatic rings. The van der Waals surface area contributed by atoms with Crippen molar-refractivity contribution in [3.8, 4) is 0 Å². The van der Waals surface area contributed by atoms with Gasteiger partial charge in [-0.1, -0.05) is 0 Å². The van der Waals surface area contributed by atoms with Gasteiger partial charge >= 0.3 is 0 Å². The first-order valence-corrected chi connectivity index (χ1v) is 6.24. The number of likely N-dealkylation sites (N-methyl/N-ethyl adjacent to an activating group) is 1. The first kappa shape index (κ1) is 14.0. The van der Waals surface area contributed by atoms with Gasteiger partial charge in [0.15, 0.2) is 0 Å². The van der Waals surface area contributed by atoms with Gasteiger partial charge < -0.3 is 15.1 Å². The molecule has 98 valence electrons. The molecular formula is C12H23N3O2. The predicted molar refractivity (Wildman–Crippen MR) is 66.6 cm³/mol. The number of hydrogen-bond acceptors (Lipinski definition) is 3. The van der Waals surface area contributed by atoms with Crippen LogP contribution >= 0.6 is 0 Å². The fourth-order valence-electron chi connectivity index (χ4n) is 2.07. The van der Waals surface area contributed by atoms with Crippen molar-refractivity contribution in [2.24, 2.45) is 0 Å². The summed E-state index contributed by atoms with van der Waals surface area (Å²) in [6.45, 7) is 10.5. The van der Waals surface area contributed by atoms with E-state index in [0.717, 1.165) is 6.54 Å². The molecule has 2 amide bonds. The first-order valence-electron chi connectivity index (χ1n) is 6.24. The van der Waals surface area contributed by atoms with Crippen molar-refractivity contribution in [2.75, 3.05) is 32.7 Å². The van der Waals surface area contributed by atoms with Crippen LogP contribution in [0.1, 0.15) is 27.7 Å². The molecule has 0 bridgehead atoms. The molecule has 5 heteroatoms.